The van der Waals surface area contributed by atoms with Gasteiger partial charge < -0.3 is 0 Å². The van der Waals surface area contributed by atoms with E-state index in [1.165, 1.54) is 70.6 Å². The molecule has 0 atom stereocenters. The second-order valence-corrected chi connectivity index (χ2v) is 5.01. The van der Waals surface area contributed by atoms with Crippen molar-refractivity contribution in [2.75, 3.05) is 0 Å². The van der Waals surface area contributed by atoms with E-state index in [-0.39, 0.29) is 0 Å². The Morgan fingerprint density at radius 3 is 1.60 bits per heavy atom. The Hall–Kier alpha value is -0.520. The summed E-state index contributed by atoms with van der Waals surface area (Å²) in [7, 11) is 0. The van der Waals surface area contributed by atoms with Crippen molar-refractivity contribution in [1.82, 2.24) is 0 Å². The van der Waals surface area contributed by atoms with Crippen LogP contribution in [0.3, 0.4) is 0 Å². The molecule has 0 heteroatoms. The molecule has 84 valence electrons. The molecule has 0 saturated heterocycles. The minimum Gasteiger partial charge on any atom is -0.0811 e. The third-order valence-electron chi connectivity index (χ3n) is 3.74. The molecular formula is C15H24. The van der Waals surface area contributed by atoms with E-state index < -0.39 is 0 Å². The maximum Gasteiger partial charge on any atom is -0.0279 e. The molecule has 0 spiro atoms. The minimum absolute atomic E-state index is 1.33. The van der Waals surface area contributed by atoms with Gasteiger partial charge in [0.25, 0.3) is 0 Å². The molecule has 0 radical (unpaired) electrons. The van der Waals surface area contributed by atoms with E-state index in [4.69, 9.17) is 0 Å². The molecule has 2 aliphatic rings. The van der Waals surface area contributed by atoms with E-state index in [9.17, 15) is 0 Å². The normalized spacial score (nSPS) is 28.0. The van der Waals surface area contributed by atoms with Gasteiger partial charge >= 0.3 is 0 Å². The Balaban J connectivity index is 2.02. The standard InChI is InChI=1S/C15H24/c1-2-6-10-14(11-7-3-1)15-12-8-4-5-9-13-15/h10,12H,1-9,11,13H2/b14-10+. The molecule has 2 aliphatic carbocycles. The summed E-state index contributed by atoms with van der Waals surface area (Å²) >= 11 is 0. The van der Waals surface area contributed by atoms with Crippen LogP contribution in [0.4, 0.5) is 0 Å². The van der Waals surface area contributed by atoms with Crippen molar-refractivity contribution in [2.24, 2.45) is 0 Å². The Morgan fingerprint density at radius 2 is 1.00 bits per heavy atom. The van der Waals surface area contributed by atoms with Gasteiger partial charge in [-0.3, -0.25) is 0 Å². The molecule has 0 aliphatic heterocycles. The lowest BCUT2D eigenvalue weighted by Gasteiger charge is -2.14. The molecule has 0 aromatic heterocycles. The molecule has 0 aromatic carbocycles. The third kappa shape index (κ3) is 3.52. The fourth-order valence-corrected chi connectivity index (χ4v) is 2.79. The van der Waals surface area contributed by atoms with Crippen LogP contribution in [0.15, 0.2) is 23.3 Å². The summed E-state index contributed by atoms with van der Waals surface area (Å²) in [5.74, 6) is 0. The average molecular weight is 204 g/mol. The fraction of sp³-hybridized carbons (Fsp3) is 0.733. The highest BCUT2D eigenvalue weighted by Crippen LogP contribution is 2.28. The zero-order valence-electron chi connectivity index (χ0n) is 9.93. The van der Waals surface area contributed by atoms with Gasteiger partial charge in [-0.1, -0.05) is 31.4 Å². The first-order chi connectivity index (χ1) is 7.47. The smallest absolute Gasteiger partial charge is 0.0279 e. The second kappa shape index (κ2) is 6.15. The first-order valence-corrected chi connectivity index (χ1v) is 6.85. The van der Waals surface area contributed by atoms with E-state index in [1.807, 2.05) is 0 Å². The lowest BCUT2D eigenvalue weighted by Crippen LogP contribution is -1.94. The monoisotopic (exact) mass is 204 g/mol. The van der Waals surface area contributed by atoms with Crippen LogP contribution in [0.25, 0.3) is 0 Å². The highest BCUT2D eigenvalue weighted by atomic mass is 14.1. The number of hydrogen-bond acceptors (Lipinski definition) is 0. The second-order valence-electron chi connectivity index (χ2n) is 5.01. The Kier molecular flexibility index (Phi) is 4.50. The van der Waals surface area contributed by atoms with E-state index >= 15 is 0 Å². The molecule has 0 aromatic rings. The van der Waals surface area contributed by atoms with Crippen LogP contribution in [0.5, 0.6) is 0 Å². The summed E-state index contributed by atoms with van der Waals surface area (Å²) < 4.78 is 0. The van der Waals surface area contributed by atoms with Crippen molar-refractivity contribution in [3.8, 4) is 0 Å². The lowest BCUT2D eigenvalue weighted by molar-refractivity contribution is 0.623. The number of allylic oxidation sites excluding steroid dienone is 4. The van der Waals surface area contributed by atoms with Crippen LogP contribution in [-0.2, 0) is 0 Å². The summed E-state index contributed by atoms with van der Waals surface area (Å²) in [6.07, 6.45) is 20.4. The van der Waals surface area contributed by atoms with Gasteiger partial charge in [0.05, 0.1) is 0 Å². The Labute approximate surface area is 94.5 Å². The molecular weight excluding hydrogens is 180 g/mol. The van der Waals surface area contributed by atoms with Gasteiger partial charge in [0.2, 0.25) is 0 Å². The molecule has 0 N–H and O–H groups in total. The predicted molar refractivity (Wildman–Crippen MR) is 67.0 cm³/mol. The maximum atomic E-state index is 2.54. The lowest BCUT2D eigenvalue weighted by atomic mass is 9.92. The van der Waals surface area contributed by atoms with Crippen LogP contribution in [0, 0.1) is 0 Å². The van der Waals surface area contributed by atoms with E-state index in [0.717, 1.165) is 0 Å². The Morgan fingerprint density at radius 1 is 0.533 bits per heavy atom. The summed E-state index contributed by atoms with van der Waals surface area (Å²) in [6, 6.07) is 0. The third-order valence-corrected chi connectivity index (χ3v) is 3.74. The van der Waals surface area contributed by atoms with Gasteiger partial charge in [-0.05, 0) is 62.5 Å². The van der Waals surface area contributed by atoms with Crippen molar-refractivity contribution in [3.05, 3.63) is 23.3 Å². The first-order valence-electron chi connectivity index (χ1n) is 6.85. The van der Waals surface area contributed by atoms with Crippen molar-refractivity contribution < 1.29 is 0 Å². The zero-order chi connectivity index (χ0) is 10.3. The van der Waals surface area contributed by atoms with Gasteiger partial charge in [0.1, 0.15) is 0 Å². The number of hydrogen-bond donors (Lipinski definition) is 0. The van der Waals surface area contributed by atoms with E-state index in [0.29, 0.717) is 0 Å². The topological polar surface area (TPSA) is 0 Å². The summed E-state index contributed by atoms with van der Waals surface area (Å²) in [4.78, 5) is 0. The van der Waals surface area contributed by atoms with Crippen LogP contribution in [0.1, 0.15) is 70.6 Å². The van der Waals surface area contributed by atoms with E-state index in [1.54, 1.807) is 11.1 Å². The van der Waals surface area contributed by atoms with Crippen molar-refractivity contribution in [1.29, 1.82) is 0 Å². The van der Waals surface area contributed by atoms with Crippen molar-refractivity contribution in [2.45, 2.75) is 70.6 Å². The maximum absolute atomic E-state index is 2.54. The number of rotatable bonds is 1. The van der Waals surface area contributed by atoms with Crippen molar-refractivity contribution in [3.63, 3.8) is 0 Å². The summed E-state index contributed by atoms with van der Waals surface area (Å²) in [5, 5.41) is 0. The molecule has 0 saturated carbocycles. The minimum atomic E-state index is 1.33. The highest BCUT2D eigenvalue weighted by Gasteiger charge is 2.09. The molecule has 0 amide bonds. The Bertz CT molecular complexity index is 245. The molecule has 15 heavy (non-hydrogen) atoms. The molecule has 0 bridgehead atoms. The molecule has 0 fully saturated rings. The van der Waals surface area contributed by atoms with Gasteiger partial charge in [0.15, 0.2) is 0 Å². The SMILES string of the molecule is C1=C(/C2=C/CCCCCC2)CCCCC1. The molecule has 0 nitrogen and oxygen atoms in total. The largest absolute Gasteiger partial charge is 0.0811 e. The fourth-order valence-electron chi connectivity index (χ4n) is 2.79. The zero-order valence-corrected chi connectivity index (χ0v) is 9.93. The van der Waals surface area contributed by atoms with E-state index in [2.05, 4.69) is 12.2 Å². The van der Waals surface area contributed by atoms with Crippen LogP contribution in [0.2, 0.25) is 0 Å². The summed E-state index contributed by atoms with van der Waals surface area (Å²) in [5.41, 5.74) is 3.41. The molecule has 0 unspecified atom stereocenters. The van der Waals surface area contributed by atoms with Gasteiger partial charge in [0, 0.05) is 0 Å². The first kappa shape index (κ1) is 11.0. The van der Waals surface area contributed by atoms with Crippen LogP contribution >= 0.6 is 0 Å². The average Bonchev–Trinajstić information content (AvgIpc) is 2.45. The molecule has 0 heterocycles. The van der Waals surface area contributed by atoms with Gasteiger partial charge in [-0.2, -0.15) is 0 Å². The summed E-state index contributed by atoms with van der Waals surface area (Å²) in [6.45, 7) is 0. The van der Waals surface area contributed by atoms with Gasteiger partial charge in [-0.25, -0.2) is 0 Å². The predicted octanol–water partition coefficient (Wildman–Crippen LogP) is 5.16. The highest BCUT2D eigenvalue weighted by molar-refractivity contribution is 5.31. The molecule has 2 rings (SSSR count). The van der Waals surface area contributed by atoms with Gasteiger partial charge in [-0.15, -0.1) is 0 Å². The van der Waals surface area contributed by atoms with Crippen molar-refractivity contribution >= 4 is 0 Å². The quantitative estimate of drug-likeness (QED) is 0.553. The van der Waals surface area contributed by atoms with Crippen LogP contribution < -0.4 is 0 Å². The van der Waals surface area contributed by atoms with Crippen LogP contribution in [-0.4, -0.2) is 0 Å².